The van der Waals surface area contributed by atoms with E-state index in [4.69, 9.17) is 9.15 Å². The van der Waals surface area contributed by atoms with Crippen molar-refractivity contribution >= 4 is 35.9 Å². The van der Waals surface area contributed by atoms with Crippen LogP contribution < -0.4 is 10.6 Å². The van der Waals surface area contributed by atoms with Crippen molar-refractivity contribution in [3.8, 4) is 0 Å². The summed E-state index contributed by atoms with van der Waals surface area (Å²) in [4.78, 5) is 18.4. The van der Waals surface area contributed by atoms with Gasteiger partial charge in [-0.2, -0.15) is 0 Å². The first-order valence-electron chi connectivity index (χ1n) is 10.6. The zero-order valence-electron chi connectivity index (χ0n) is 18.3. The number of carbonyl (C=O) groups is 1. The summed E-state index contributed by atoms with van der Waals surface area (Å²) in [6, 6.07) is 11.7. The normalized spacial score (nSPS) is 15.6. The molecule has 0 radical (unpaired) electrons. The Kier molecular flexibility index (Phi) is 10.9. The number of hydrogen-bond donors (Lipinski definition) is 2. The summed E-state index contributed by atoms with van der Waals surface area (Å²) in [5.41, 5.74) is 1.71. The van der Waals surface area contributed by atoms with Gasteiger partial charge in [0.25, 0.3) is 0 Å². The smallest absolute Gasteiger partial charge is 0.337 e. The highest BCUT2D eigenvalue weighted by Crippen LogP contribution is 2.24. The minimum atomic E-state index is -0.316. The molecule has 2 heterocycles. The van der Waals surface area contributed by atoms with Crippen molar-refractivity contribution in [2.75, 3.05) is 40.3 Å². The lowest BCUT2D eigenvalue weighted by Gasteiger charge is -2.33. The first-order valence-corrected chi connectivity index (χ1v) is 10.6. The van der Waals surface area contributed by atoms with E-state index in [0.29, 0.717) is 5.56 Å². The van der Waals surface area contributed by atoms with Crippen molar-refractivity contribution < 1.29 is 13.9 Å². The van der Waals surface area contributed by atoms with Crippen LogP contribution in [0.15, 0.2) is 52.1 Å². The molecule has 1 aromatic carbocycles. The number of nitrogens with one attached hydrogen (secondary N) is 2. The molecular weight excluding hydrogens is 507 g/mol. The summed E-state index contributed by atoms with van der Waals surface area (Å²) in [7, 11) is 3.17. The number of esters is 1. The van der Waals surface area contributed by atoms with Crippen LogP contribution in [0, 0.1) is 0 Å². The Morgan fingerprint density at radius 2 is 1.90 bits per heavy atom. The molecule has 8 heteroatoms. The Morgan fingerprint density at radius 3 is 2.52 bits per heavy atom. The van der Waals surface area contributed by atoms with Gasteiger partial charge in [0.1, 0.15) is 5.76 Å². The first-order chi connectivity index (χ1) is 14.7. The predicted octanol–water partition coefficient (Wildman–Crippen LogP) is 3.62. The van der Waals surface area contributed by atoms with Crippen LogP contribution in [0.5, 0.6) is 0 Å². The number of guanidine groups is 1. The number of carbonyl (C=O) groups excluding carboxylic acids is 1. The lowest BCUT2D eigenvalue weighted by molar-refractivity contribution is 0.0600. The summed E-state index contributed by atoms with van der Waals surface area (Å²) in [6.07, 6.45) is 6.34. The van der Waals surface area contributed by atoms with Crippen molar-refractivity contribution in [1.82, 2.24) is 15.5 Å². The quantitative estimate of drug-likeness (QED) is 0.231. The van der Waals surface area contributed by atoms with Crippen LogP contribution >= 0.6 is 24.0 Å². The molecule has 1 saturated heterocycles. The van der Waals surface area contributed by atoms with E-state index in [9.17, 15) is 4.79 Å². The lowest BCUT2D eigenvalue weighted by atomic mass is 10.1. The van der Waals surface area contributed by atoms with Crippen molar-refractivity contribution in [1.29, 1.82) is 0 Å². The van der Waals surface area contributed by atoms with E-state index in [-0.39, 0.29) is 36.0 Å². The highest BCUT2D eigenvalue weighted by molar-refractivity contribution is 14.0. The fraction of sp³-hybridized carbons (Fsp3) is 0.478. The Bertz CT molecular complexity index is 803. The zero-order chi connectivity index (χ0) is 21.2. The van der Waals surface area contributed by atoms with Crippen LogP contribution in [0.25, 0.3) is 0 Å². The number of piperidine rings is 1. The standard InChI is InChI=1S/C23H32N4O3.HI/c1-24-23(25-13-12-18-8-10-19(11-9-18)22(28)29-2)26-17-20(21-7-6-16-30-21)27-14-4-3-5-15-27;/h6-11,16,20H,3-5,12-15,17H2,1-2H3,(H2,24,25,26);1H. The van der Waals surface area contributed by atoms with Gasteiger partial charge in [0.05, 0.1) is 25.0 Å². The Labute approximate surface area is 201 Å². The fourth-order valence-electron chi connectivity index (χ4n) is 3.79. The number of halogens is 1. The number of aliphatic imine (C=N–C) groups is 1. The molecule has 2 N–H and O–H groups in total. The molecule has 0 amide bonds. The number of hydrogen-bond acceptors (Lipinski definition) is 5. The van der Waals surface area contributed by atoms with Crippen LogP contribution in [0.2, 0.25) is 0 Å². The van der Waals surface area contributed by atoms with Gasteiger partial charge < -0.3 is 19.8 Å². The molecule has 3 rings (SSSR count). The lowest BCUT2D eigenvalue weighted by Crippen LogP contribution is -2.44. The molecule has 7 nitrogen and oxygen atoms in total. The molecular formula is C23H33IN4O3. The van der Waals surface area contributed by atoms with Gasteiger partial charge in [0.15, 0.2) is 5.96 Å². The number of methoxy groups -OCH3 is 1. The number of nitrogens with zero attached hydrogens (tertiary/aromatic N) is 2. The van der Waals surface area contributed by atoms with Crippen molar-refractivity contribution in [2.45, 2.75) is 31.7 Å². The summed E-state index contributed by atoms with van der Waals surface area (Å²) < 4.78 is 10.4. The second kappa shape index (κ2) is 13.4. The molecule has 0 aliphatic carbocycles. The molecule has 1 aromatic heterocycles. The average Bonchev–Trinajstić information content (AvgIpc) is 3.33. The van der Waals surface area contributed by atoms with Gasteiger partial charge in [0, 0.05) is 20.1 Å². The van der Waals surface area contributed by atoms with Gasteiger partial charge in [-0.3, -0.25) is 9.89 Å². The Hall–Kier alpha value is -2.07. The minimum Gasteiger partial charge on any atom is -0.468 e. The first kappa shape index (κ1) is 25.2. The van der Waals surface area contributed by atoms with Crippen LogP contribution in [-0.2, 0) is 11.2 Å². The van der Waals surface area contributed by atoms with Crippen LogP contribution in [0.3, 0.4) is 0 Å². The number of ether oxygens (including phenoxy) is 1. The van der Waals surface area contributed by atoms with Crippen molar-refractivity contribution in [3.63, 3.8) is 0 Å². The monoisotopic (exact) mass is 540 g/mol. The maximum absolute atomic E-state index is 11.5. The highest BCUT2D eigenvalue weighted by Gasteiger charge is 2.24. The van der Waals surface area contributed by atoms with Gasteiger partial charge in [-0.1, -0.05) is 18.6 Å². The molecule has 2 aromatic rings. The maximum Gasteiger partial charge on any atom is 0.337 e. The number of benzene rings is 1. The molecule has 0 bridgehead atoms. The van der Waals surface area contributed by atoms with E-state index in [1.165, 1.54) is 26.4 Å². The molecule has 1 fully saturated rings. The molecule has 1 aliphatic heterocycles. The SMILES string of the molecule is CN=C(NCCc1ccc(C(=O)OC)cc1)NCC(c1ccco1)N1CCCCC1.I. The molecule has 1 aliphatic rings. The van der Waals surface area contributed by atoms with E-state index in [0.717, 1.165) is 49.9 Å². The van der Waals surface area contributed by atoms with E-state index >= 15 is 0 Å². The molecule has 1 atom stereocenters. The Balaban J connectivity index is 0.00000341. The van der Waals surface area contributed by atoms with Crippen molar-refractivity contribution in [3.05, 3.63) is 59.5 Å². The second-order valence-electron chi connectivity index (χ2n) is 7.45. The van der Waals surface area contributed by atoms with Gasteiger partial charge in [-0.05, 0) is 62.2 Å². The number of likely N-dealkylation sites (tertiary alicyclic amines) is 1. The minimum absolute atomic E-state index is 0. The van der Waals surface area contributed by atoms with Crippen LogP contribution in [0.4, 0.5) is 0 Å². The van der Waals surface area contributed by atoms with Gasteiger partial charge >= 0.3 is 5.97 Å². The zero-order valence-corrected chi connectivity index (χ0v) is 20.6. The third-order valence-corrected chi connectivity index (χ3v) is 5.47. The summed E-state index contributed by atoms with van der Waals surface area (Å²) in [5, 5.41) is 6.82. The summed E-state index contributed by atoms with van der Waals surface area (Å²) in [6.45, 7) is 3.68. The van der Waals surface area contributed by atoms with E-state index in [1.54, 1.807) is 25.4 Å². The number of furan rings is 1. The predicted molar refractivity (Wildman–Crippen MR) is 133 cm³/mol. The van der Waals surface area contributed by atoms with Crippen molar-refractivity contribution in [2.24, 2.45) is 4.99 Å². The summed E-state index contributed by atoms with van der Waals surface area (Å²) in [5.74, 6) is 1.45. The van der Waals surface area contributed by atoms with Crippen LogP contribution in [0.1, 0.15) is 47.0 Å². The fourth-order valence-corrected chi connectivity index (χ4v) is 3.79. The second-order valence-corrected chi connectivity index (χ2v) is 7.45. The molecule has 170 valence electrons. The third kappa shape index (κ3) is 7.53. The van der Waals surface area contributed by atoms with E-state index < -0.39 is 0 Å². The Morgan fingerprint density at radius 1 is 1.16 bits per heavy atom. The molecule has 0 spiro atoms. The summed E-state index contributed by atoms with van der Waals surface area (Å²) >= 11 is 0. The molecule has 1 unspecified atom stereocenters. The third-order valence-electron chi connectivity index (χ3n) is 5.47. The largest absolute Gasteiger partial charge is 0.468 e. The highest BCUT2D eigenvalue weighted by atomic mass is 127. The maximum atomic E-state index is 11.5. The van der Waals surface area contributed by atoms with Gasteiger partial charge in [-0.15, -0.1) is 24.0 Å². The average molecular weight is 540 g/mol. The number of rotatable bonds is 8. The van der Waals surface area contributed by atoms with Crippen LogP contribution in [-0.4, -0.2) is 57.2 Å². The topological polar surface area (TPSA) is 79.1 Å². The van der Waals surface area contributed by atoms with E-state index in [2.05, 4.69) is 26.6 Å². The molecule has 31 heavy (non-hydrogen) atoms. The van der Waals surface area contributed by atoms with E-state index in [1.807, 2.05) is 18.2 Å². The van der Waals surface area contributed by atoms with Gasteiger partial charge in [0.2, 0.25) is 0 Å². The molecule has 0 saturated carbocycles. The van der Waals surface area contributed by atoms with Gasteiger partial charge in [-0.25, -0.2) is 4.79 Å².